The SMILES string of the molecule is Cc1ccc(-c2nc([P+](c3ccccc3)(c3ccccc3)c3ccccc3)c(Sc3nc4ccccc4s3)o2)cc1.[O-][Cl+3]([O-])([O-])[O-]. The van der Waals surface area contributed by atoms with Gasteiger partial charge in [-0.2, -0.15) is 4.98 Å². The highest BCUT2D eigenvalue weighted by atomic mass is 35.7. The van der Waals surface area contributed by atoms with Crippen LogP contribution in [0.2, 0.25) is 0 Å². The molecule has 0 saturated heterocycles. The Morgan fingerprint density at radius 3 is 1.61 bits per heavy atom. The Hall–Kier alpha value is -3.89. The molecule has 46 heavy (non-hydrogen) atoms. The van der Waals surface area contributed by atoms with Crippen molar-refractivity contribution in [1.82, 2.24) is 9.97 Å². The van der Waals surface area contributed by atoms with Crippen molar-refractivity contribution in [3.63, 3.8) is 0 Å². The van der Waals surface area contributed by atoms with Crippen LogP contribution in [-0.2, 0) is 0 Å². The molecule has 11 heteroatoms. The van der Waals surface area contributed by atoms with Gasteiger partial charge in [0.2, 0.25) is 11.0 Å². The number of hydrogen-bond donors (Lipinski definition) is 0. The molecule has 230 valence electrons. The van der Waals surface area contributed by atoms with Crippen molar-refractivity contribution in [2.45, 2.75) is 16.4 Å². The van der Waals surface area contributed by atoms with Gasteiger partial charge in [-0.3, -0.25) is 0 Å². The van der Waals surface area contributed by atoms with Crippen LogP contribution in [0.4, 0.5) is 0 Å². The molecular weight excluding hydrogens is 659 g/mol. The summed E-state index contributed by atoms with van der Waals surface area (Å²) in [7, 11) is -7.42. The van der Waals surface area contributed by atoms with Crippen molar-refractivity contribution < 1.29 is 33.3 Å². The maximum atomic E-state index is 8.49. The molecule has 7 nitrogen and oxygen atoms in total. The first-order valence-electron chi connectivity index (χ1n) is 14.0. The molecule has 0 amide bonds. The third kappa shape index (κ3) is 7.08. The fourth-order valence-electron chi connectivity index (χ4n) is 5.14. The third-order valence-electron chi connectivity index (χ3n) is 7.08. The molecule has 7 rings (SSSR count). The molecule has 0 unspecified atom stereocenters. The first-order valence-corrected chi connectivity index (χ1v) is 18.7. The molecule has 0 aliphatic carbocycles. The summed E-state index contributed by atoms with van der Waals surface area (Å²) in [5.74, 6) is 0.621. The number of benzene rings is 5. The predicted octanol–water partition coefficient (Wildman–Crippen LogP) is 3.27. The van der Waals surface area contributed by atoms with Gasteiger partial charge >= 0.3 is 0 Å². The monoisotopic (exact) mass is 684 g/mol. The van der Waals surface area contributed by atoms with Crippen LogP contribution >= 0.6 is 30.4 Å². The van der Waals surface area contributed by atoms with Gasteiger partial charge in [-0.25, -0.2) is 23.6 Å². The number of hydrogen-bond acceptors (Lipinski definition) is 9. The van der Waals surface area contributed by atoms with Gasteiger partial charge in [-0.05, 0) is 79.3 Å². The Bertz CT molecular complexity index is 1900. The molecule has 5 aromatic carbocycles. The second-order valence-corrected chi connectivity index (χ2v) is 16.4. The number of fused-ring (bicyclic) bond motifs is 1. The molecule has 0 spiro atoms. The summed E-state index contributed by atoms with van der Waals surface area (Å²) in [5, 5.41) is 4.47. The van der Waals surface area contributed by atoms with Crippen molar-refractivity contribution in [2.75, 3.05) is 0 Å². The predicted molar refractivity (Wildman–Crippen MR) is 175 cm³/mol. The number of halogens is 1. The van der Waals surface area contributed by atoms with Crippen LogP contribution in [-0.4, -0.2) is 9.97 Å². The fourth-order valence-corrected chi connectivity index (χ4v) is 11.7. The summed E-state index contributed by atoms with van der Waals surface area (Å²) >= 11 is 3.26. The highest BCUT2D eigenvalue weighted by Crippen LogP contribution is 2.56. The molecule has 0 fully saturated rings. The lowest BCUT2D eigenvalue weighted by Crippen LogP contribution is -2.68. The van der Waals surface area contributed by atoms with Gasteiger partial charge < -0.3 is 4.42 Å². The summed E-state index contributed by atoms with van der Waals surface area (Å²) < 4.78 is 42.8. The number of aromatic nitrogens is 2. The lowest BCUT2D eigenvalue weighted by molar-refractivity contribution is -2.00. The molecule has 0 bridgehead atoms. The van der Waals surface area contributed by atoms with Crippen molar-refractivity contribution in [3.8, 4) is 11.5 Å². The molecule has 0 saturated carbocycles. The molecule has 2 heterocycles. The van der Waals surface area contributed by atoms with E-state index in [1.165, 1.54) is 21.5 Å². The average Bonchev–Trinajstić information content (AvgIpc) is 3.67. The van der Waals surface area contributed by atoms with Crippen molar-refractivity contribution in [2.24, 2.45) is 0 Å². The van der Waals surface area contributed by atoms with E-state index in [4.69, 9.17) is 33.0 Å². The van der Waals surface area contributed by atoms with Crippen molar-refractivity contribution in [3.05, 3.63) is 145 Å². The largest absolute Gasteiger partial charge is 0.425 e. The smallest absolute Gasteiger partial charge is 0.251 e. The van der Waals surface area contributed by atoms with E-state index in [1.807, 2.05) is 6.07 Å². The van der Waals surface area contributed by atoms with E-state index in [1.54, 1.807) is 23.1 Å². The first kappa shape index (κ1) is 32.1. The van der Waals surface area contributed by atoms with E-state index in [-0.39, 0.29) is 0 Å². The zero-order valence-electron chi connectivity index (χ0n) is 24.4. The van der Waals surface area contributed by atoms with Gasteiger partial charge in [0.15, 0.2) is 11.6 Å². The van der Waals surface area contributed by atoms with E-state index in [0.29, 0.717) is 5.89 Å². The molecular formula is C35H26ClN2O5PS2. The van der Waals surface area contributed by atoms with Crippen LogP contribution in [0.15, 0.2) is 153 Å². The summed E-state index contributed by atoms with van der Waals surface area (Å²) in [6.45, 7) is 2.09. The van der Waals surface area contributed by atoms with Gasteiger partial charge in [0.1, 0.15) is 15.9 Å². The van der Waals surface area contributed by atoms with Gasteiger partial charge in [-0.15, -0.1) is 21.6 Å². The van der Waals surface area contributed by atoms with Crippen LogP contribution in [0.5, 0.6) is 0 Å². The van der Waals surface area contributed by atoms with Crippen molar-refractivity contribution >= 4 is 61.9 Å². The topological polar surface area (TPSA) is 131 Å². The Morgan fingerprint density at radius 2 is 1.11 bits per heavy atom. The molecule has 0 radical (unpaired) electrons. The van der Waals surface area contributed by atoms with Crippen LogP contribution in [0.1, 0.15) is 5.56 Å². The zero-order valence-corrected chi connectivity index (χ0v) is 27.6. The van der Waals surface area contributed by atoms with Gasteiger partial charge in [0.25, 0.3) is 5.44 Å². The Morgan fingerprint density at radius 1 is 0.630 bits per heavy atom. The molecule has 0 aliphatic heterocycles. The lowest BCUT2D eigenvalue weighted by Gasteiger charge is -2.25. The summed E-state index contributed by atoms with van der Waals surface area (Å²) in [6.07, 6.45) is 0. The second kappa shape index (κ2) is 13.8. The molecule has 2 aromatic heterocycles. The number of aryl methyl sites for hydroxylation is 1. The highest BCUT2D eigenvalue weighted by molar-refractivity contribution is 8.05. The Labute approximate surface area is 276 Å². The number of oxazole rings is 1. The maximum Gasteiger partial charge on any atom is 0.251 e. The summed E-state index contributed by atoms with van der Waals surface area (Å²) in [5.41, 5.74) is 4.11. The quantitative estimate of drug-likeness (QED) is 0.234. The number of thiazole rings is 1. The second-order valence-electron chi connectivity index (χ2n) is 10.1. The average molecular weight is 685 g/mol. The molecule has 7 aromatic rings. The lowest BCUT2D eigenvalue weighted by atomic mass is 10.1. The standard InChI is InChI=1S/C35H26N2OPS2.ClHO4/c1-25-21-23-26(24-22-25)32-37-33(34(38-32)41-35-36-30-19-11-12-20-31(30)40-35)39(27-13-5-2-6-14-27,28-15-7-3-8-16-28)29-17-9-4-10-18-29;2-1(3,4)5/h2-24H,1H3;(H,2,3,4,5)/q+1;/p-1. The van der Waals surface area contributed by atoms with Gasteiger partial charge in [0.05, 0.1) is 10.2 Å². The first-order chi connectivity index (χ1) is 22.2. The Balaban J connectivity index is 0.000000692. The van der Waals surface area contributed by atoms with Crippen LogP contribution in [0.3, 0.4) is 0 Å². The number of nitrogens with zero attached hydrogens (tertiary/aromatic N) is 2. The maximum absolute atomic E-state index is 8.49. The van der Waals surface area contributed by atoms with E-state index in [9.17, 15) is 0 Å². The van der Waals surface area contributed by atoms with Gasteiger partial charge in [-0.1, -0.05) is 84.4 Å². The normalized spacial score (nSPS) is 11.7. The Kier molecular flexibility index (Phi) is 9.65. The minimum atomic E-state index is -4.94. The highest BCUT2D eigenvalue weighted by Gasteiger charge is 2.53. The van der Waals surface area contributed by atoms with Crippen LogP contribution in [0.25, 0.3) is 21.7 Å². The minimum Gasteiger partial charge on any atom is -0.425 e. The van der Waals surface area contributed by atoms with E-state index in [2.05, 4.69) is 140 Å². The van der Waals surface area contributed by atoms with E-state index >= 15 is 0 Å². The molecule has 0 aliphatic rings. The van der Waals surface area contributed by atoms with E-state index < -0.39 is 17.5 Å². The summed E-state index contributed by atoms with van der Waals surface area (Å²) in [4.78, 5) is 10.3. The van der Waals surface area contributed by atoms with Gasteiger partial charge in [0, 0.05) is 5.56 Å². The van der Waals surface area contributed by atoms with Crippen LogP contribution in [0, 0.1) is 17.2 Å². The minimum absolute atomic E-state index is 0.621. The van der Waals surface area contributed by atoms with Crippen LogP contribution < -0.4 is 40.0 Å². The zero-order chi connectivity index (χ0) is 32.1. The fraction of sp³-hybridized carbons (Fsp3) is 0.0286. The third-order valence-corrected chi connectivity index (χ3v) is 13.4. The molecule has 0 atom stereocenters. The molecule has 0 N–H and O–H groups in total. The van der Waals surface area contributed by atoms with E-state index in [0.717, 1.165) is 30.6 Å². The summed E-state index contributed by atoms with van der Waals surface area (Å²) in [6, 6.07) is 49.0. The number of rotatable bonds is 7. The van der Waals surface area contributed by atoms with Crippen molar-refractivity contribution in [1.29, 1.82) is 0 Å². The number of para-hydroxylation sites is 1.